The molecule has 0 radical (unpaired) electrons. The average Bonchev–Trinajstić information content (AvgIpc) is 3.56. The van der Waals surface area contributed by atoms with Gasteiger partial charge in [-0.25, -0.2) is 4.79 Å². The summed E-state index contributed by atoms with van der Waals surface area (Å²) >= 11 is 0. The van der Waals surface area contributed by atoms with E-state index in [4.69, 9.17) is 0 Å². The Morgan fingerprint density at radius 1 is 0.926 bits per heavy atom. The lowest BCUT2D eigenvalue weighted by molar-refractivity contribution is -0.122. The van der Waals surface area contributed by atoms with Crippen molar-refractivity contribution in [2.45, 2.75) is 25.3 Å². The van der Waals surface area contributed by atoms with Crippen LogP contribution < -0.4 is 10.6 Å². The molecular weight excluding hydrogens is 338 g/mol. The van der Waals surface area contributed by atoms with E-state index in [0.717, 1.165) is 12.8 Å². The SMILES string of the molecule is O=C(NCCNC(=O)N1Cc2ccccc2C(c2ccccc2)C1)C1CC1. The topological polar surface area (TPSA) is 61.4 Å². The van der Waals surface area contributed by atoms with Gasteiger partial charge in [0.2, 0.25) is 5.91 Å². The van der Waals surface area contributed by atoms with Crippen molar-refractivity contribution in [3.05, 3.63) is 71.3 Å². The quantitative estimate of drug-likeness (QED) is 0.803. The van der Waals surface area contributed by atoms with Gasteiger partial charge in [-0.05, 0) is 29.5 Å². The van der Waals surface area contributed by atoms with E-state index >= 15 is 0 Å². The molecule has 2 aliphatic rings. The van der Waals surface area contributed by atoms with Crippen LogP contribution in [0.15, 0.2) is 54.6 Å². The van der Waals surface area contributed by atoms with Gasteiger partial charge in [0.1, 0.15) is 0 Å². The molecule has 0 spiro atoms. The average molecular weight is 363 g/mol. The summed E-state index contributed by atoms with van der Waals surface area (Å²) in [7, 11) is 0. The summed E-state index contributed by atoms with van der Waals surface area (Å²) in [5, 5.41) is 5.82. The zero-order valence-electron chi connectivity index (χ0n) is 15.4. The maximum Gasteiger partial charge on any atom is 0.317 e. The predicted octanol–water partition coefficient (Wildman–Crippen LogP) is 2.87. The van der Waals surface area contributed by atoms with Crippen LogP contribution >= 0.6 is 0 Å². The Hall–Kier alpha value is -2.82. The first-order valence-electron chi connectivity index (χ1n) is 9.65. The van der Waals surface area contributed by atoms with Crippen molar-refractivity contribution in [3.8, 4) is 0 Å². The van der Waals surface area contributed by atoms with Crippen molar-refractivity contribution >= 4 is 11.9 Å². The second kappa shape index (κ2) is 7.82. The van der Waals surface area contributed by atoms with Gasteiger partial charge in [-0.3, -0.25) is 4.79 Å². The highest BCUT2D eigenvalue weighted by atomic mass is 16.2. The van der Waals surface area contributed by atoms with E-state index in [1.165, 1.54) is 16.7 Å². The smallest absolute Gasteiger partial charge is 0.317 e. The normalized spacial score (nSPS) is 18.5. The summed E-state index contributed by atoms with van der Waals surface area (Å²) in [5.74, 6) is 0.489. The molecule has 1 saturated carbocycles. The summed E-state index contributed by atoms with van der Waals surface area (Å²) < 4.78 is 0. The molecule has 1 heterocycles. The minimum absolute atomic E-state index is 0.0777. The number of nitrogens with zero attached hydrogens (tertiary/aromatic N) is 1. The molecule has 4 rings (SSSR count). The van der Waals surface area contributed by atoms with Crippen LogP contribution in [0.1, 0.15) is 35.4 Å². The number of benzene rings is 2. The summed E-state index contributed by atoms with van der Waals surface area (Å²) in [4.78, 5) is 26.2. The Morgan fingerprint density at radius 2 is 1.63 bits per heavy atom. The Bertz CT molecular complexity index is 817. The monoisotopic (exact) mass is 363 g/mol. The number of hydrogen-bond acceptors (Lipinski definition) is 2. The van der Waals surface area contributed by atoms with Crippen LogP contribution in [-0.4, -0.2) is 36.5 Å². The molecule has 0 bridgehead atoms. The second-order valence-corrected chi connectivity index (χ2v) is 7.34. The first kappa shape index (κ1) is 17.6. The summed E-state index contributed by atoms with van der Waals surface area (Å²) in [6.07, 6.45) is 1.98. The molecule has 0 saturated heterocycles. The lowest BCUT2D eigenvalue weighted by Crippen LogP contribution is -2.46. The van der Waals surface area contributed by atoms with Crippen LogP contribution in [0, 0.1) is 5.92 Å². The van der Waals surface area contributed by atoms with Gasteiger partial charge in [-0.15, -0.1) is 0 Å². The van der Waals surface area contributed by atoms with Crippen LogP contribution in [0.3, 0.4) is 0 Å². The second-order valence-electron chi connectivity index (χ2n) is 7.34. The number of carbonyl (C=O) groups excluding carboxylic acids is 2. The highest BCUT2D eigenvalue weighted by Gasteiger charge is 2.30. The molecule has 140 valence electrons. The number of hydrogen-bond donors (Lipinski definition) is 2. The maximum atomic E-state index is 12.7. The van der Waals surface area contributed by atoms with Gasteiger partial charge in [0.05, 0.1) is 0 Å². The molecule has 1 atom stereocenters. The van der Waals surface area contributed by atoms with Gasteiger partial charge < -0.3 is 15.5 Å². The number of carbonyl (C=O) groups is 2. The van der Waals surface area contributed by atoms with E-state index in [9.17, 15) is 9.59 Å². The van der Waals surface area contributed by atoms with Crippen molar-refractivity contribution in [1.29, 1.82) is 0 Å². The minimum atomic E-state index is -0.0777. The van der Waals surface area contributed by atoms with E-state index in [1.807, 2.05) is 29.2 Å². The summed E-state index contributed by atoms with van der Waals surface area (Å²) in [6, 6.07) is 18.6. The highest BCUT2D eigenvalue weighted by Crippen LogP contribution is 2.33. The standard InChI is InChI=1S/C22H25N3O2/c26-21(17-10-11-17)23-12-13-24-22(27)25-14-18-8-4-5-9-19(18)20(15-25)16-6-2-1-3-7-16/h1-9,17,20H,10-15H2,(H,23,26)(H,24,27). The summed E-state index contributed by atoms with van der Waals surface area (Å²) in [5.41, 5.74) is 3.71. The van der Waals surface area contributed by atoms with Gasteiger partial charge in [0, 0.05) is 38.0 Å². The first-order chi connectivity index (χ1) is 13.2. The van der Waals surface area contributed by atoms with Crippen molar-refractivity contribution in [2.24, 2.45) is 5.92 Å². The minimum Gasteiger partial charge on any atom is -0.354 e. The van der Waals surface area contributed by atoms with Gasteiger partial charge in [-0.2, -0.15) is 0 Å². The molecule has 2 aromatic rings. The lowest BCUT2D eigenvalue weighted by Gasteiger charge is -2.35. The van der Waals surface area contributed by atoms with Crippen LogP contribution in [0.25, 0.3) is 0 Å². The maximum absolute atomic E-state index is 12.7. The molecule has 1 fully saturated rings. The van der Waals surface area contributed by atoms with Crippen LogP contribution in [0.5, 0.6) is 0 Å². The Kier molecular flexibility index (Phi) is 5.10. The van der Waals surface area contributed by atoms with Crippen LogP contribution in [-0.2, 0) is 11.3 Å². The van der Waals surface area contributed by atoms with E-state index in [1.54, 1.807) is 0 Å². The van der Waals surface area contributed by atoms with Crippen LogP contribution in [0.2, 0.25) is 0 Å². The van der Waals surface area contributed by atoms with E-state index in [2.05, 4.69) is 41.0 Å². The van der Waals surface area contributed by atoms with Gasteiger partial charge in [-0.1, -0.05) is 54.6 Å². The predicted molar refractivity (Wildman–Crippen MR) is 104 cm³/mol. The molecule has 1 aliphatic carbocycles. The fraction of sp³-hybridized carbons (Fsp3) is 0.364. The molecule has 2 aromatic carbocycles. The molecular formula is C22H25N3O2. The molecule has 3 amide bonds. The van der Waals surface area contributed by atoms with Crippen molar-refractivity contribution in [2.75, 3.05) is 19.6 Å². The van der Waals surface area contributed by atoms with Crippen LogP contribution in [0.4, 0.5) is 4.79 Å². The molecule has 0 aromatic heterocycles. The lowest BCUT2D eigenvalue weighted by atomic mass is 9.85. The van der Waals surface area contributed by atoms with Gasteiger partial charge in [0.25, 0.3) is 0 Å². The fourth-order valence-corrected chi connectivity index (χ4v) is 3.69. The largest absolute Gasteiger partial charge is 0.354 e. The number of nitrogens with one attached hydrogen (secondary N) is 2. The Morgan fingerprint density at radius 3 is 2.41 bits per heavy atom. The molecule has 27 heavy (non-hydrogen) atoms. The molecule has 1 aliphatic heterocycles. The zero-order chi connectivity index (χ0) is 18.6. The third-order valence-corrected chi connectivity index (χ3v) is 5.33. The van der Waals surface area contributed by atoms with Gasteiger partial charge in [0.15, 0.2) is 0 Å². The third-order valence-electron chi connectivity index (χ3n) is 5.33. The molecule has 1 unspecified atom stereocenters. The van der Waals surface area contributed by atoms with Crippen molar-refractivity contribution in [3.63, 3.8) is 0 Å². The summed E-state index contributed by atoms with van der Waals surface area (Å²) in [6.45, 7) is 2.19. The van der Waals surface area contributed by atoms with Gasteiger partial charge >= 0.3 is 6.03 Å². The number of rotatable bonds is 5. The molecule has 5 heteroatoms. The number of fused-ring (bicyclic) bond motifs is 1. The van der Waals surface area contributed by atoms with Crippen molar-refractivity contribution < 1.29 is 9.59 Å². The Labute approximate surface area is 159 Å². The van der Waals surface area contributed by atoms with E-state index < -0.39 is 0 Å². The zero-order valence-corrected chi connectivity index (χ0v) is 15.4. The molecule has 2 N–H and O–H groups in total. The molecule has 5 nitrogen and oxygen atoms in total. The van der Waals surface area contributed by atoms with E-state index in [-0.39, 0.29) is 23.8 Å². The first-order valence-corrected chi connectivity index (χ1v) is 9.65. The Balaban J connectivity index is 1.39. The van der Waals surface area contributed by atoms with Crippen molar-refractivity contribution in [1.82, 2.24) is 15.5 Å². The number of urea groups is 1. The van der Waals surface area contributed by atoms with E-state index in [0.29, 0.717) is 26.2 Å². The fourth-order valence-electron chi connectivity index (χ4n) is 3.69. The number of amides is 3. The highest BCUT2D eigenvalue weighted by molar-refractivity contribution is 5.81. The third kappa shape index (κ3) is 4.13.